The molecule has 0 bridgehead atoms. The van der Waals surface area contributed by atoms with E-state index in [1.165, 1.54) is 22.6 Å². The summed E-state index contributed by atoms with van der Waals surface area (Å²) in [5.41, 5.74) is 2.61. The molecule has 1 fully saturated rings. The molecule has 0 aliphatic carbocycles. The zero-order chi connectivity index (χ0) is 9.10. The summed E-state index contributed by atoms with van der Waals surface area (Å²) in [4.78, 5) is 0. The van der Waals surface area contributed by atoms with Crippen LogP contribution in [0.25, 0.3) is 0 Å². The molecular weight excluding hydrogens is 178 g/mol. The maximum absolute atomic E-state index is 8.66. The number of nitriles is 1. The Kier molecular flexibility index (Phi) is 2.56. The van der Waals surface area contributed by atoms with Gasteiger partial charge in [0.25, 0.3) is 0 Å². The van der Waals surface area contributed by atoms with Gasteiger partial charge < -0.3 is 0 Å². The number of hydrogen-bond donors (Lipinski definition) is 0. The van der Waals surface area contributed by atoms with E-state index in [1.807, 2.05) is 17.8 Å². The monoisotopic (exact) mass is 189 g/mol. The van der Waals surface area contributed by atoms with Gasteiger partial charge in [0, 0.05) is 17.4 Å². The zero-order valence-corrected chi connectivity index (χ0v) is 8.18. The van der Waals surface area contributed by atoms with Crippen molar-refractivity contribution in [2.45, 2.75) is 12.3 Å². The van der Waals surface area contributed by atoms with Gasteiger partial charge in [0.15, 0.2) is 0 Å². The summed E-state index contributed by atoms with van der Waals surface area (Å²) in [6.45, 7) is 0. The number of nitrogens with zero attached hydrogens (tertiary/aromatic N) is 1. The van der Waals surface area contributed by atoms with Crippen LogP contribution in [0.5, 0.6) is 0 Å². The SMILES string of the molecule is N#CCc1ccccc1C1CSC1. The van der Waals surface area contributed by atoms with Crippen LogP contribution in [0.2, 0.25) is 0 Å². The van der Waals surface area contributed by atoms with Gasteiger partial charge in [-0.05, 0) is 11.1 Å². The first kappa shape index (κ1) is 8.65. The Labute approximate surface area is 82.8 Å². The Hall–Kier alpha value is -0.940. The van der Waals surface area contributed by atoms with Crippen molar-refractivity contribution in [1.82, 2.24) is 0 Å². The van der Waals surface area contributed by atoms with Crippen LogP contribution >= 0.6 is 11.8 Å². The van der Waals surface area contributed by atoms with Crippen LogP contribution in [0, 0.1) is 11.3 Å². The summed E-state index contributed by atoms with van der Waals surface area (Å²) in [6.07, 6.45) is 0.553. The van der Waals surface area contributed by atoms with Crippen LogP contribution in [0.15, 0.2) is 24.3 Å². The predicted molar refractivity (Wildman–Crippen MR) is 55.8 cm³/mol. The smallest absolute Gasteiger partial charge is 0.0669 e. The lowest BCUT2D eigenvalue weighted by Crippen LogP contribution is -2.17. The summed E-state index contributed by atoms with van der Waals surface area (Å²) in [7, 11) is 0. The number of thioether (sulfide) groups is 1. The first-order valence-corrected chi connectivity index (χ1v) is 5.60. The molecule has 0 N–H and O–H groups in total. The van der Waals surface area contributed by atoms with Crippen LogP contribution in [0.4, 0.5) is 0 Å². The lowest BCUT2D eigenvalue weighted by atomic mass is 9.95. The third-order valence-corrected chi connectivity index (χ3v) is 3.68. The Morgan fingerprint density at radius 3 is 2.77 bits per heavy atom. The second-order valence-corrected chi connectivity index (χ2v) is 4.34. The maximum atomic E-state index is 8.66. The fraction of sp³-hybridized carbons (Fsp3) is 0.364. The van der Waals surface area contributed by atoms with Crippen molar-refractivity contribution in [3.63, 3.8) is 0 Å². The Morgan fingerprint density at radius 2 is 2.15 bits per heavy atom. The Bertz CT molecular complexity index is 336. The highest BCUT2D eigenvalue weighted by Gasteiger charge is 2.21. The molecule has 66 valence electrons. The van der Waals surface area contributed by atoms with Crippen molar-refractivity contribution in [1.29, 1.82) is 5.26 Å². The number of benzene rings is 1. The molecule has 0 unspecified atom stereocenters. The molecule has 0 saturated carbocycles. The van der Waals surface area contributed by atoms with Crippen molar-refractivity contribution >= 4 is 11.8 Å². The summed E-state index contributed by atoms with van der Waals surface area (Å²) in [5.74, 6) is 3.15. The molecule has 0 amide bonds. The lowest BCUT2D eigenvalue weighted by Gasteiger charge is -2.26. The fourth-order valence-corrected chi connectivity index (χ4v) is 2.42. The van der Waals surface area contributed by atoms with Crippen LogP contribution in [0.3, 0.4) is 0 Å². The molecule has 13 heavy (non-hydrogen) atoms. The standard InChI is InChI=1S/C11H11NS/c12-6-5-9-3-1-2-4-11(9)10-7-13-8-10/h1-4,10H,5,7-8H2. The average molecular weight is 189 g/mol. The highest BCUT2D eigenvalue weighted by Crippen LogP contribution is 2.35. The molecule has 0 radical (unpaired) electrons. The van der Waals surface area contributed by atoms with Crippen LogP contribution in [-0.4, -0.2) is 11.5 Å². The van der Waals surface area contributed by atoms with Gasteiger partial charge in [0.1, 0.15) is 0 Å². The molecule has 0 aromatic heterocycles. The van der Waals surface area contributed by atoms with Gasteiger partial charge in [0.2, 0.25) is 0 Å². The van der Waals surface area contributed by atoms with E-state index in [9.17, 15) is 0 Å². The Balaban J connectivity index is 2.26. The van der Waals surface area contributed by atoms with Crippen molar-refractivity contribution in [3.8, 4) is 6.07 Å². The molecular formula is C11H11NS. The van der Waals surface area contributed by atoms with Gasteiger partial charge in [-0.25, -0.2) is 0 Å². The largest absolute Gasteiger partial charge is 0.198 e. The van der Waals surface area contributed by atoms with Crippen molar-refractivity contribution in [2.75, 3.05) is 11.5 Å². The van der Waals surface area contributed by atoms with E-state index in [0.29, 0.717) is 12.3 Å². The van der Waals surface area contributed by atoms with E-state index < -0.39 is 0 Å². The van der Waals surface area contributed by atoms with Gasteiger partial charge in [-0.2, -0.15) is 17.0 Å². The quantitative estimate of drug-likeness (QED) is 0.714. The molecule has 0 atom stereocenters. The van der Waals surface area contributed by atoms with Gasteiger partial charge in [-0.1, -0.05) is 24.3 Å². The topological polar surface area (TPSA) is 23.8 Å². The highest BCUT2D eigenvalue weighted by atomic mass is 32.2. The maximum Gasteiger partial charge on any atom is 0.0669 e. The van der Waals surface area contributed by atoms with Crippen LogP contribution in [-0.2, 0) is 6.42 Å². The number of hydrogen-bond acceptors (Lipinski definition) is 2. The first-order valence-electron chi connectivity index (χ1n) is 4.44. The lowest BCUT2D eigenvalue weighted by molar-refractivity contribution is 0.836. The predicted octanol–water partition coefficient (Wildman–Crippen LogP) is 2.58. The minimum absolute atomic E-state index is 0.553. The van der Waals surface area contributed by atoms with Gasteiger partial charge in [0.05, 0.1) is 12.5 Å². The first-order chi connectivity index (χ1) is 6.42. The van der Waals surface area contributed by atoms with E-state index in [4.69, 9.17) is 5.26 Å². The minimum atomic E-state index is 0.553. The molecule has 1 nitrogen and oxygen atoms in total. The average Bonchev–Trinajstić information content (AvgIpc) is 2.05. The van der Waals surface area contributed by atoms with E-state index in [0.717, 1.165) is 0 Å². The normalized spacial score (nSPS) is 16.2. The summed E-state index contributed by atoms with van der Waals surface area (Å²) >= 11 is 1.98. The van der Waals surface area contributed by atoms with Crippen LogP contribution in [0.1, 0.15) is 17.0 Å². The molecule has 1 aromatic carbocycles. The summed E-state index contributed by atoms with van der Waals surface area (Å²) in [5, 5.41) is 8.66. The number of rotatable bonds is 2. The molecule has 1 aliphatic heterocycles. The third kappa shape index (κ3) is 1.71. The molecule has 2 rings (SSSR count). The van der Waals surface area contributed by atoms with Crippen LogP contribution < -0.4 is 0 Å². The third-order valence-electron chi connectivity index (χ3n) is 2.40. The van der Waals surface area contributed by atoms with Crippen molar-refractivity contribution in [2.24, 2.45) is 0 Å². The molecule has 0 spiro atoms. The van der Waals surface area contributed by atoms with Gasteiger partial charge in [-0.15, -0.1) is 0 Å². The summed E-state index contributed by atoms with van der Waals surface area (Å²) in [6, 6.07) is 10.5. The van der Waals surface area contributed by atoms with E-state index >= 15 is 0 Å². The Morgan fingerprint density at radius 1 is 1.38 bits per heavy atom. The van der Waals surface area contributed by atoms with Crippen molar-refractivity contribution < 1.29 is 0 Å². The fourth-order valence-electron chi connectivity index (χ4n) is 1.59. The van der Waals surface area contributed by atoms with E-state index in [1.54, 1.807) is 0 Å². The minimum Gasteiger partial charge on any atom is -0.198 e. The second-order valence-electron chi connectivity index (χ2n) is 3.27. The van der Waals surface area contributed by atoms with E-state index in [-0.39, 0.29) is 0 Å². The molecule has 1 heterocycles. The van der Waals surface area contributed by atoms with Gasteiger partial charge >= 0.3 is 0 Å². The highest BCUT2D eigenvalue weighted by molar-refractivity contribution is 8.00. The van der Waals surface area contributed by atoms with Crippen molar-refractivity contribution in [3.05, 3.63) is 35.4 Å². The van der Waals surface area contributed by atoms with E-state index in [2.05, 4.69) is 24.3 Å². The molecule has 1 aliphatic rings. The van der Waals surface area contributed by atoms with Gasteiger partial charge in [-0.3, -0.25) is 0 Å². The summed E-state index contributed by atoms with van der Waals surface area (Å²) < 4.78 is 0. The molecule has 2 heteroatoms. The molecule has 1 saturated heterocycles. The second kappa shape index (κ2) is 3.85. The molecule has 1 aromatic rings. The zero-order valence-electron chi connectivity index (χ0n) is 7.36.